The molecule has 2 heteroatoms. The number of aryl methyl sites for hydroxylation is 1. The molecule has 0 fully saturated rings. The van der Waals surface area contributed by atoms with Crippen molar-refractivity contribution in [2.75, 3.05) is 14.2 Å². The lowest BCUT2D eigenvalue weighted by Crippen LogP contribution is -1.87. The van der Waals surface area contributed by atoms with E-state index in [-0.39, 0.29) is 0 Å². The molecule has 0 heterocycles. The molecule has 0 saturated carbocycles. The predicted octanol–water partition coefficient (Wildman–Crippen LogP) is 3.20. The van der Waals surface area contributed by atoms with Gasteiger partial charge in [-0.15, -0.1) is 6.58 Å². The maximum Gasteiger partial charge on any atom is 0.122 e. The Labute approximate surface area is 86.2 Å². The normalized spacial score (nSPS) is 8.29. The molecule has 78 valence electrons. The average Bonchev–Trinajstić information content (AvgIpc) is 2.18. The Hall–Kier alpha value is -1.44. The van der Waals surface area contributed by atoms with Crippen molar-refractivity contribution >= 4 is 0 Å². The minimum atomic E-state index is 0.835. The molecule has 0 amide bonds. The van der Waals surface area contributed by atoms with Gasteiger partial charge in [-0.1, -0.05) is 6.08 Å². The summed E-state index contributed by atoms with van der Waals surface area (Å²) in [6.45, 7) is 7.26. The van der Waals surface area contributed by atoms with Gasteiger partial charge in [-0.25, -0.2) is 0 Å². The van der Waals surface area contributed by atoms with Gasteiger partial charge < -0.3 is 9.47 Å². The van der Waals surface area contributed by atoms with Crippen LogP contribution in [-0.4, -0.2) is 14.2 Å². The highest BCUT2D eigenvalue weighted by molar-refractivity contribution is 5.37. The summed E-state index contributed by atoms with van der Waals surface area (Å²) < 4.78 is 10.1. The largest absolute Gasteiger partial charge is 0.497 e. The molecule has 0 aliphatic heterocycles. The zero-order valence-corrected chi connectivity index (χ0v) is 9.33. The van der Waals surface area contributed by atoms with E-state index in [0.717, 1.165) is 17.1 Å². The third-order valence-electron chi connectivity index (χ3n) is 1.50. The number of benzene rings is 1. The third kappa shape index (κ3) is 4.55. The Balaban J connectivity index is 0.000000500. The molecule has 0 unspecified atom stereocenters. The Bertz CT molecular complexity index is 257. The van der Waals surface area contributed by atoms with Crippen LogP contribution in [0, 0.1) is 6.92 Å². The molecule has 0 radical (unpaired) electrons. The van der Waals surface area contributed by atoms with E-state index in [1.54, 1.807) is 20.3 Å². The van der Waals surface area contributed by atoms with Crippen molar-refractivity contribution in [3.63, 3.8) is 0 Å². The van der Waals surface area contributed by atoms with Crippen molar-refractivity contribution in [3.8, 4) is 11.5 Å². The molecule has 0 aliphatic carbocycles. The van der Waals surface area contributed by atoms with Crippen LogP contribution in [0.5, 0.6) is 11.5 Å². The number of hydrogen-bond donors (Lipinski definition) is 0. The topological polar surface area (TPSA) is 18.5 Å². The van der Waals surface area contributed by atoms with Crippen molar-refractivity contribution < 1.29 is 9.47 Å². The van der Waals surface area contributed by atoms with Gasteiger partial charge in [0.25, 0.3) is 0 Å². The molecule has 0 N–H and O–H groups in total. The van der Waals surface area contributed by atoms with Crippen molar-refractivity contribution in [2.24, 2.45) is 0 Å². The Morgan fingerprint density at radius 3 is 1.71 bits per heavy atom. The first-order chi connectivity index (χ1) is 6.67. The van der Waals surface area contributed by atoms with Gasteiger partial charge in [0.2, 0.25) is 0 Å². The summed E-state index contributed by atoms with van der Waals surface area (Å²) in [5, 5.41) is 0. The molecular weight excluding hydrogens is 176 g/mol. The highest BCUT2D eigenvalue weighted by atomic mass is 16.5. The van der Waals surface area contributed by atoms with Gasteiger partial charge in [0.05, 0.1) is 14.2 Å². The van der Waals surface area contributed by atoms with Gasteiger partial charge in [-0.2, -0.15) is 0 Å². The van der Waals surface area contributed by atoms with E-state index in [2.05, 4.69) is 6.58 Å². The van der Waals surface area contributed by atoms with E-state index in [4.69, 9.17) is 9.47 Å². The van der Waals surface area contributed by atoms with Crippen LogP contribution < -0.4 is 9.47 Å². The summed E-state index contributed by atoms with van der Waals surface area (Å²) in [6, 6.07) is 5.78. The Kier molecular flexibility index (Phi) is 6.29. The third-order valence-corrected chi connectivity index (χ3v) is 1.50. The first kappa shape index (κ1) is 12.6. The second kappa shape index (κ2) is 7.01. The summed E-state index contributed by atoms with van der Waals surface area (Å²) in [4.78, 5) is 0. The van der Waals surface area contributed by atoms with Gasteiger partial charge >= 0.3 is 0 Å². The monoisotopic (exact) mass is 194 g/mol. The van der Waals surface area contributed by atoms with Crippen LogP contribution in [0.4, 0.5) is 0 Å². The van der Waals surface area contributed by atoms with Gasteiger partial charge in [-0.05, 0) is 31.5 Å². The molecule has 0 spiro atoms. The van der Waals surface area contributed by atoms with Crippen LogP contribution >= 0.6 is 0 Å². The minimum Gasteiger partial charge on any atom is -0.497 e. The lowest BCUT2D eigenvalue weighted by Gasteiger charge is -2.04. The van der Waals surface area contributed by atoms with E-state index in [1.807, 2.05) is 32.0 Å². The second-order valence-corrected chi connectivity index (χ2v) is 2.80. The number of ether oxygens (including phenoxy) is 2. The van der Waals surface area contributed by atoms with E-state index in [9.17, 15) is 0 Å². The smallest absolute Gasteiger partial charge is 0.122 e. The number of hydrogen-bond acceptors (Lipinski definition) is 2. The fourth-order valence-corrected chi connectivity index (χ4v) is 0.950. The van der Waals surface area contributed by atoms with Crippen molar-refractivity contribution in [1.29, 1.82) is 0 Å². The van der Waals surface area contributed by atoms with Crippen LogP contribution in [0.1, 0.15) is 12.5 Å². The van der Waals surface area contributed by atoms with Gasteiger partial charge in [0, 0.05) is 6.07 Å². The Morgan fingerprint density at radius 1 is 1.07 bits per heavy atom. The van der Waals surface area contributed by atoms with E-state index >= 15 is 0 Å². The molecule has 1 rings (SSSR count). The van der Waals surface area contributed by atoms with E-state index in [1.165, 1.54) is 0 Å². The average molecular weight is 194 g/mol. The molecule has 2 nitrogen and oxygen atoms in total. The Morgan fingerprint density at radius 2 is 1.43 bits per heavy atom. The van der Waals surface area contributed by atoms with Crippen LogP contribution in [0.2, 0.25) is 0 Å². The fraction of sp³-hybridized carbons (Fsp3) is 0.333. The van der Waals surface area contributed by atoms with E-state index in [0.29, 0.717) is 0 Å². The van der Waals surface area contributed by atoms with Crippen LogP contribution in [0.3, 0.4) is 0 Å². The molecular formula is C12H18O2. The SMILES string of the molecule is C=CC.COc1cc(C)cc(OC)c1. The maximum absolute atomic E-state index is 5.06. The second-order valence-electron chi connectivity index (χ2n) is 2.80. The number of methoxy groups -OCH3 is 2. The minimum absolute atomic E-state index is 0.835. The maximum atomic E-state index is 5.06. The van der Waals surface area contributed by atoms with Gasteiger partial charge in [0.15, 0.2) is 0 Å². The number of rotatable bonds is 2. The van der Waals surface area contributed by atoms with Crippen LogP contribution in [-0.2, 0) is 0 Å². The highest BCUT2D eigenvalue weighted by Crippen LogP contribution is 2.21. The summed E-state index contributed by atoms with van der Waals surface area (Å²) in [5.74, 6) is 1.67. The van der Waals surface area contributed by atoms with Crippen LogP contribution in [0.15, 0.2) is 30.9 Å². The van der Waals surface area contributed by atoms with Crippen molar-refractivity contribution in [2.45, 2.75) is 13.8 Å². The molecule has 1 aromatic rings. The molecule has 1 aromatic carbocycles. The lowest BCUT2D eigenvalue weighted by molar-refractivity contribution is 0.394. The summed E-state index contributed by atoms with van der Waals surface area (Å²) >= 11 is 0. The molecule has 0 aromatic heterocycles. The standard InChI is InChI=1S/C9H12O2.C3H6/c1-7-4-8(10-2)6-9(5-7)11-3;1-3-2/h4-6H,1-3H3;3H,1H2,2H3. The van der Waals surface area contributed by atoms with Crippen LogP contribution in [0.25, 0.3) is 0 Å². The van der Waals surface area contributed by atoms with Crippen molar-refractivity contribution in [3.05, 3.63) is 36.4 Å². The van der Waals surface area contributed by atoms with Crippen molar-refractivity contribution in [1.82, 2.24) is 0 Å². The lowest BCUT2D eigenvalue weighted by atomic mass is 10.2. The highest BCUT2D eigenvalue weighted by Gasteiger charge is 1.96. The zero-order valence-electron chi connectivity index (χ0n) is 9.33. The molecule has 0 aliphatic rings. The summed E-state index contributed by atoms with van der Waals surface area (Å²) in [6.07, 6.45) is 1.75. The summed E-state index contributed by atoms with van der Waals surface area (Å²) in [5.41, 5.74) is 1.14. The first-order valence-electron chi connectivity index (χ1n) is 4.44. The quantitative estimate of drug-likeness (QED) is 0.673. The molecule has 0 atom stereocenters. The predicted molar refractivity (Wildman–Crippen MR) is 60.2 cm³/mol. The van der Waals surface area contributed by atoms with Gasteiger partial charge in [0.1, 0.15) is 11.5 Å². The molecule has 14 heavy (non-hydrogen) atoms. The van der Waals surface area contributed by atoms with Gasteiger partial charge in [-0.3, -0.25) is 0 Å². The number of allylic oxidation sites excluding steroid dienone is 1. The van der Waals surface area contributed by atoms with E-state index < -0.39 is 0 Å². The summed E-state index contributed by atoms with van der Waals surface area (Å²) in [7, 11) is 3.29. The molecule has 0 saturated heterocycles. The molecule has 0 bridgehead atoms. The zero-order chi connectivity index (χ0) is 11.0. The fourth-order valence-electron chi connectivity index (χ4n) is 0.950. The first-order valence-corrected chi connectivity index (χ1v) is 4.44.